The summed E-state index contributed by atoms with van der Waals surface area (Å²) in [5.74, 6) is 1.24. The SMILES string of the molecule is COc1ccc2c(c1)OC(C)(C)C[C@@H]2NC(=O)CCCN(c1cccc(Cl)c1C)S(C)(=O)=O. The van der Waals surface area contributed by atoms with Gasteiger partial charge in [0.2, 0.25) is 15.9 Å². The predicted molar refractivity (Wildman–Crippen MR) is 131 cm³/mol. The molecule has 1 N–H and O–H groups in total. The molecule has 0 spiro atoms. The van der Waals surface area contributed by atoms with E-state index in [9.17, 15) is 13.2 Å². The summed E-state index contributed by atoms with van der Waals surface area (Å²) in [6.07, 6.45) is 2.33. The molecular weight excluding hydrogens is 464 g/mol. The lowest BCUT2D eigenvalue weighted by atomic mass is 9.89. The largest absolute Gasteiger partial charge is 0.497 e. The topological polar surface area (TPSA) is 84.9 Å². The van der Waals surface area contributed by atoms with Crippen molar-refractivity contribution in [3.8, 4) is 11.5 Å². The van der Waals surface area contributed by atoms with Gasteiger partial charge in [-0.1, -0.05) is 17.7 Å². The van der Waals surface area contributed by atoms with Crippen molar-refractivity contribution in [1.29, 1.82) is 0 Å². The van der Waals surface area contributed by atoms with E-state index < -0.39 is 15.6 Å². The summed E-state index contributed by atoms with van der Waals surface area (Å²) in [5.41, 5.74) is 1.66. The number of rotatable bonds is 8. The van der Waals surface area contributed by atoms with E-state index in [0.717, 1.165) is 11.8 Å². The number of sulfonamides is 1. The Hall–Kier alpha value is -2.45. The number of anilines is 1. The minimum absolute atomic E-state index is 0.143. The molecule has 1 aliphatic rings. The molecule has 2 aromatic rings. The van der Waals surface area contributed by atoms with E-state index in [4.69, 9.17) is 21.1 Å². The number of carbonyl (C=O) groups is 1. The number of nitrogens with zero attached hydrogens (tertiary/aromatic N) is 1. The van der Waals surface area contributed by atoms with Crippen molar-refractivity contribution in [2.45, 2.75) is 51.7 Å². The van der Waals surface area contributed by atoms with Crippen LogP contribution in [-0.4, -0.2) is 39.8 Å². The number of nitrogens with one attached hydrogen (secondary N) is 1. The second-order valence-corrected chi connectivity index (χ2v) is 11.2. The molecule has 0 aliphatic carbocycles. The normalized spacial score (nSPS) is 17.0. The van der Waals surface area contributed by atoms with Crippen LogP contribution in [0.4, 0.5) is 5.69 Å². The Morgan fingerprint density at radius 3 is 2.70 bits per heavy atom. The Labute approximate surface area is 201 Å². The van der Waals surface area contributed by atoms with E-state index in [2.05, 4.69) is 5.32 Å². The Kier molecular flexibility index (Phi) is 7.49. The summed E-state index contributed by atoms with van der Waals surface area (Å²) in [5, 5.41) is 3.59. The Morgan fingerprint density at radius 1 is 1.30 bits per heavy atom. The second-order valence-electron chi connectivity index (χ2n) is 8.91. The monoisotopic (exact) mass is 494 g/mol. The number of hydrogen-bond acceptors (Lipinski definition) is 5. The number of halogens is 1. The van der Waals surface area contributed by atoms with E-state index in [-0.39, 0.29) is 24.9 Å². The number of benzene rings is 2. The lowest BCUT2D eigenvalue weighted by Gasteiger charge is -2.38. The molecule has 33 heavy (non-hydrogen) atoms. The molecule has 0 radical (unpaired) electrons. The van der Waals surface area contributed by atoms with Crippen LogP contribution in [0.1, 0.15) is 50.3 Å². The molecule has 3 rings (SSSR count). The van der Waals surface area contributed by atoms with Crippen LogP contribution >= 0.6 is 11.6 Å². The molecule has 1 amide bonds. The van der Waals surface area contributed by atoms with Crippen molar-refractivity contribution in [2.75, 3.05) is 24.2 Å². The molecule has 7 nitrogen and oxygen atoms in total. The van der Waals surface area contributed by atoms with E-state index in [1.165, 1.54) is 4.31 Å². The van der Waals surface area contributed by atoms with Crippen LogP contribution in [0.15, 0.2) is 36.4 Å². The molecule has 1 atom stereocenters. The van der Waals surface area contributed by atoms with Gasteiger partial charge in [-0.05, 0) is 57.0 Å². The fourth-order valence-electron chi connectivity index (χ4n) is 4.07. The van der Waals surface area contributed by atoms with E-state index in [1.807, 2.05) is 32.0 Å². The fraction of sp³-hybridized carbons (Fsp3) is 0.458. The minimum atomic E-state index is -3.53. The summed E-state index contributed by atoms with van der Waals surface area (Å²) in [6.45, 7) is 5.92. The van der Waals surface area contributed by atoms with Gasteiger partial charge in [0.25, 0.3) is 0 Å². The number of fused-ring (bicyclic) bond motifs is 1. The Bertz CT molecular complexity index is 1130. The predicted octanol–water partition coefficient (Wildman–Crippen LogP) is 4.62. The van der Waals surface area contributed by atoms with Crippen LogP contribution in [-0.2, 0) is 14.8 Å². The highest BCUT2D eigenvalue weighted by molar-refractivity contribution is 7.92. The molecule has 1 heterocycles. The molecule has 2 aromatic carbocycles. The minimum Gasteiger partial charge on any atom is -0.497 e. The zero-order valence-electron chi connectivity index (χ0n) is 19.6. The third-order valence-electron chi connectivity index (χ3n) is 5.69. The van der Waals surface area contributed by atoms with Gasteiger partial charge in [0, 0.05) is 36.0 Å². The second kappa shape index (κ2) is 9.81. The van der Waals surface area contributed by atoms with Gasteiger partial charge in [-0.2, -0.15) is 0 Å². The first-order valence-electron chi connectivity index (χ1n) is 10.8. The highest BCUT2D eigenvalue weighted by Gasteiger charge is 2.34. The van der Waals surface area contributed by atoms with Gasteiger partial charge in [-0.3, -0.25) is 9.10 Å². The summed E-state index contributed by atoms with van der Waals surface area (Å²) in [6, 6.07) is 10.5. The van der Waals surface area contributed by atoms with Crippen LogP contribution in [0.3, 0.4) is 0 Å². The van der Waals surface area contributed by atoms with Gasteiger partial charge in [-0.15, -0.1) is 0 Å². The van der Waals surface area contributed by atoms with Crippen molar-refractivity contribution in [2.24, 2.45) is 0 Å². The molecule has 0 saturated carbocycles. The zero-order valence-corrected chi connectivity index (χ0v) is 21.2. The zero-order chi connectivity index (χ0) is 24.4. The van der Waals surface area contributed by atoms with Crippen LogP contribution in [0.5, 0.6) is 11.5 Å². The first-order chi connectivity index (χ1) is 15.4. The van der Waals surface area contributed by atoms with Crippen molar-refractivity contribution < 1.29 is 22.7 Å². The third kappa shape index (κ3) is 6.12. The summed E-state index contributed by atoms with van der Waals surface area (Å²) in [4.78, 5) is 12.8. The number of hydrogen-bond donors (Lipinski definition) is 1. The lowest BCUT2D eigenvalue weighted by Crippen LogP contribution is -2.41. The number of methoxy groups -OCH3 is 1. The maximum Gasteiger partial charge on any atom is 0.232 e. The highest BCUT2D eigenvalue weighted by atomic mass is 35.5. The molecule has 0 saturated heterocycles. The number of carbonyl (C=O) groups excluding carboxylic acids is 1. The molecule has 0 fully saturated rings. The van der Waals surface area contributed by atoms with Gasteiger partial charge < -0.3 is 14.8 Å². The number of ether oxygens (including phenoxy) is 2. The molecule has 9 heteroatoms. The van der Waals surface area contributed by atoms with Crippen LogP contribution in [0.25, 0.3) is 0 Å². The first kappa shape index (κ1) is 25.2. The summed E-state index contributed by atoms with van der Waals surface area (Å²) >= 11 is 6.18. The van der Waals surface area contributed by atoms with E-state index in [0.29, 0.717) is 40.6 Å². The van der Waals surface area contributed by atoms with Gasteiger partial charge in [0.1, 0.15) is 17.1 Å². The summed E-state index contributed by atoms with van der Waals surface area (Å²) < 4.78 is 37.5. The Balaban J connectivity index is 1.68. The molecule has 0 aromatic heterocycles. The molecular formula is C24H31ClN2O5S. The lowest BCUT2D eigenvalue weighted by molar-refractivity contribution is -0.122. The number of amides is 1. The van der Waals surface area contributed by atoms with Gasteiger partial charge >= 0.3 is 0 Å². The summed E-state index contributed by atoms with van der Waals surface area (Å²) in [7, 11) is -1.93. The third-order valence-corrected chi connectivity index (χ3v) is 7.28. The van der Waals surface area contributed by atoms with Crippen LogP contribution < -0.4 is 19.1 Å². The molecule has 180 valence electrons. The smallest absolute Gasteiger partial charge is 0.232 e. The first-order valence-corrected chi connectivity index (χ1v) is 13.0. The van der Waals surface area contributed by atoms with Gasteiger partial charge in [-0.25, -0.2) is 8.42 Å². The van der Waals surface area contributed by atoms with Crippen molar-refractivity contribution in [3.05, 3.63) is 52.5 Å². The molecule has 1 aliphatic heterocycles. The fourth-order valence-corrected chi connectivity index (χ4v) is 5.25. The van der Waals surface area contributed by atoms with Crippen molar-refractivity contribution in [3.63, 3.8) is 0 Å². The maximum atomic E-state index is 12.8. The average molecular weight is 495 g/mol. The van der Waals surface area contributed by atoms with Crippen LogP contribution in [0.2, 0.25) is 5.02 Å². The van der Waals surface area contributed by atoms with E-state index in [1.54, 1.807) is 32.2 Å². The highest BCUT2D eigenvalue weighted by Crippen LogP contribution is 2.41. The van der Waals surface area contributed by atoms with Crippen molar-refractivity contribution in [1.82, 2.24) is 5.32 Å². The van der Waals surface area contributed by atoms with E-state index >= 15 is 0 Å². The standard InChI is InChI=1S/C24H31ClN2O5S/c1-16-19(25)8-6-9-21(16)27(33(5,29)30)13-7-10-23(28)26-20-15-24(2,3)32-22-14-17(31-4)11-12-18(20)22/h6,8-9,11-12,14,20H,7,10,13,15H2,1-5H3,(H,26,28)/t20-/m0/s1. The quantitative estimate of drug-likeness (QED) is 0.578. The van der Waals surface area contributed by atoms with Crippen LogP contribution in [0, 0.1) is 6.92 Å². The molecule has 0 unspecified atom stereocenters. The maximum absolute atomic E-state index is 12.8. The molecule has 0 bridgehead atoms. The Morgan fingerprint density at radius 2 is 2.03 bits per heavy atom. The average Bonchev–Trinajstić information content (AvgIpc) is 2.71. The van der Waals surface area contributed by atoms with Gasteiger partial charge in [0.15, 0.2) is 0 Å². The van der Waals surface area contributed by atoms with Gasteiger partial charge in [0.05, 0.1) is 25.1 Å². The van der Waals surface area contributed by atoms with Crippen molar-refractivity contribution >= 4 is 33.2 Å².